The van der Waals surface area contributed by atoms with E-state index in [4.69, 9.17) is 0 Å². The van der Waals surface area contributed by atoms with Crippen LogP contribution in [0.25, 0.3) is 0 Å². The third-order valence-corrected chi connectivity index (χ3v) is 3.61. The van der Waals surface area contributed by atoms with E-state index in [2.05, 4.69) is 26.1 Å². The molecule has 1 aliphatic rings. The highest BCUT2D eigenvalue weighted by atomic mass is 16.1. The molecule has 0 aliphatic heterocycles. The maximum absolute atomic E-state index is 11.7. The van der Waals surface area contributed by atoms with E-state index in [1.165, 1.54) is 12.8 Å². The first-order chi connectivity index (χ1) is 6.56. The molecule has 82 valence electrons. The molecule has 1 saturated carbocycles. The Bertz CT molecular complexity index is 200. The zero-order chi connectivity index (χ0) is 10.7. The summed E-state index contributed by atoms with van der Waals surface area (Å²) >= 11 is 0. The molecule has 0 radical (unpaired) electrons. The summed E-state index contributed by atoms with van der Waals surface area (Å²) in [5.74, 6) is 2.43. The average Bonchev–Trinajstić information content (AvgIpc) is 2.16. The minimum atomic E-state index is 0.246. The van der Waals surface area contributed by atoms with Gasteiger partial charge in [-0.25, -0.2) is 0 Å². The van der Waals surface area contributed by atoms with E-state index in [1.807, 2.05) is 0 Å². The Morgan fingerprint density at radius 3 is 2.50 bits per heavy atom. The summed E-state index contributed by atoms with van der Waals surface area (Å²) in [5.41, 5.74) is 0. The third kappa shape index (κ3) is 2.49. The van der Waals surface area contributed by atoms with Gasteiger partial charge in [0.05, 0.1) is 0 Å². The van der Waals surface area contributed by atoms with Crippen LogP contribution in [-0.2, 0) is 4.79 Å². The Hall–Kier alpha value is -0.530. The number of hydrogen-bond donors (Lipinski definition) is 1. The largest absolute Gasteiger partial charge is 0.359 e. The standard InChI is InChI=1S/C12H23NO/c1-8(2)10-6-5-9(3)7-11(10)12(14)13-4/h8-11H,5-7H2,1-4H3,(H,13,14)/t9?,10-,11?/m0/s1. The van der Waals surface area contributed by atoms with Gasteiger partial charge < -0.3 is 5.32 Å². The van der Waals surface area contributed by atoms with Crippen molar-refractivity contribution in [1.82, 2.24) is 5.32 Å². The van der Waals surface area contributed by atoms with Crippen LogP contribution < -0.4 is 5.32 Å². The fourth-order valence-corrected chi connectivity index (χ4v) is 2.69. The molecule has 0 aromatic heterocycles. The summed E-state index contributed by atoms with van der Waals surface area (Å²) in [6, 6.07) is 0. The topological polar surface area (TPSA) is 29.1 Å². The molecule has 1 aliphatic carbocycles. The predicted octanol–water partition coefficient (Wildman–Crippen LogP) is 2.44. The predicted molar refractivity (Wildman–Crippen MR) is 58.9 cm³/mol. The van der Waals surface area contributed by atoms with Crippen LogP contribution in [0.1, 0.15) is 40.0 Å². The number of hydrogen-bond acceptors (Lipinski definition) is 1. The molecule has 0 heterocycles. The van der Waals surface area contributed by atoms with Gasteiger partial charge in [-0.15, -0.1) is 0 Å². The SMILES string of the molecule is CNC(=O)C1CC(C)CC[C@H]1C(C)C. The molecule has 2 nitrogen and oxygen atoms in total. The highest BCUT2D eigenvalue weighted by Gasteiger charge is 2.34. The van der Waals surface area contributed by atoms with Crippen molar-refractivity contribution < 1.29 is 4.79 Å². The third-order valence-electron chi connectivity index (χ3n) is 3.61. The molecule has 0 spiro atoms. The van der Waals surface area contributed by atoms with Crippen molar-refractivity contribution in [2.45, 2.75) is 40.0 Å². The minimum Gasteiger partial charge on any atom is -0.359 e. The Kier molecular flexibility index (Phi) is 3.97. The van der Waals surface area contributed by atoms with Gasteiger partial charge in [-0.05, 0) is 30.6 Å². The van der Waals surface area contributed by atoms with Crippen molar-refractivity contribution in [3.63, 3.8) is 0 Å². The summed E-state index contributed by atoms with van der Waals surface area (Å²) in [7, 11) is 1.75. The van der Waals surface area contributed by atoms with E-state index < -0.39 is 0 Å². The van der Waals surface area contributed by atoms with E-state index in [0.717, 1.165) is 6.42 Å². The maximum Gasteiger partial charge on any atom is 0.223 e. The zero-order valence-corrected chi connectivity index (χ0v) is 9.84. The van der Waals surface area contributed by atoms with Crippen LogP contribution in [-0.4, -0.2) is 13.0 Å². The molecular formula is C12H23NO. The number of amides is 1. The van der Waals surface area contributed by atoms with Crippen LogP contribution in [0.3, 0.4) is 0 Å². The first-order valence-corrected chi connectivity index (χ1v) is 5.77. The van der Waals surface area contributed by atoms with Crippen LogP contribution in [0.15, 0.2) is 0 Å². The van der Waals surface area contributed by atoms with Crippen molar-refractivity contribution in [3.05, 3.63) is 0 Å². The Labute approximate surface area is 87.5 Å². The first kappa shape index (κ1) is 11.5. The molecule has 1 N–H and O–H groups in total. The van der Waals surface area contributed by atoms with Crippen molar-refractivity contribution in [1.29, 1.82) is 0 Å². The fourth-order valence-electron chi connectivity index (χ4n) is 2.69. The summed E-state index contributed by atoms with van der Waals surface area (Å²) in [5, 5.41) is 2.80. The van der Waals surface area contributed by atoms with Crippen molar-refractivity contribution in [2.24, 2.45) is 23.7 Å². The van der Waals surface area contributed by atoms with Crippen LogP contribution >= 0.6 is 0 Å². The van der Waals surface area contributed by atoms with Crippen molar-refractivity contribution >= 4 is 5.91 Å². The smallest absolute Gasteiger partial charge is 0.223 e. The van der Waals surface area contributed by atoms with Crippen LogP contribution in [0.4, 0.5) is 0 Å². The summed E-state index contributed by atoms with van der Waals surface area (Å²) in [6.07, 6.45) is 3.58. The van der Waals surface area contributed by atoms with Gasteiger partial charge in [0, 0.05) is 13.0 Å². The second-order valence-corrected chi connectivity index (χ2v) is 5.05. The van der Waals surface area contributed by atoms with Gasteiger partial charge in [0.2, 0.25) is 5.91 Å². The zero-order valence-electron chi connectivity index (χ0n) is 9.84. The van der Waals surface area contributed by atoms with E-state index in [1.54, 1.807) is 7.05 Å². The minimum absolute atomic E-state index is 0.246. The van der Waals surface area contributed by atoms with Crippen LogP contribution in [0.5, 0.6) is 0 Å². The van der Waals surface area contributed by atoms with E-state index in [0.29, 0.717) is 17.8 Å². The lowest BCUT2D eigenvalue weighted by Crippen LogP contribution is -2.38. The lowest BCUT2D eigenvalue weighted by Gasteiger charge is -2.36. The van der Waals surface area contributed by atoms with Gasteiger partial charge in [-0.3, -0.25) is 4.79 Å². The molecule has 0 aromatic carbocycles. The van der Waals surface area contributed by atoms with E-state index >= 15 is 0 Å². The summed E-state index contributed by atoms with van der Waals surface area (Å²) in [4.78, 5) is 11.7. The lowest BCUT2D eigenvalue weighted by atomic mass is 9.70. The molecule has 2 heteroatoms. The molecule has 2 unspecified atom stereocenters. The molecule has 0 bridgehead atoms. The van der Waals surface area contributed by atoms with Gasteiger partial charge in [0.15, 0.2) is 0 Å². The van der Waals surface area contributed by atoms with Gasteiger partial charge in [-0.1, -0.05) is 27.2 Å². The molecule has 1 rings (SSSR count). The van der Waals surface area contributed by atoms with Gasteiger partial charge in [-0.2, -0.15) is 0 Å². The monoisotopic (exact) mass is 197 g/mol. The molecule has 1 fully saturated rings. The van der Waals surface area contributed by atoms with Gasteiger partial charge in [0.1, 0.15) is 0 Å². The summed E-state index contributed by atoms with van der Waals surface area (Å²) < 4.78 is 0. The second-order valence-electron chi connectivity index (χ2n) is 5.05. The Morgan fingerprint density at radius 2 is 2.00 bits per heavy atom. The number of rotatable bonds is 2. The quantitative estimate of drug-likeness (QED) is 0.724. The lowest BCUT2D eigenvalue weighted by molar-refractivity contribution is -0.128. The van der Waals surface area contributed by atoms with Gasteiger partial charge >= 0.3 is 0 Å². The normalized spacial score (nSPS) is 33.1. The molecule has 14 heavy (non-hydrogen) atoms. The van der Waals surface area contributed by atoms with Crippen LogP contribution in [0, 0.1) is 23.7 Å². The number of nitrogens with one attached hydrogen (secondary N) is 1. The highest BCUT2D eigenvalue weighted by Crippen LogP contribution is 2.37. The Morgan fingerprint density at radius 1 is 1.36 bits per heavy atom. The summed E-state index contributed by atoms with van der Waals surface area (Å²) in [6.45, 7) is 6.72. The molecule has 3 atom stereocenters. The van der Waals surface area contributed by atoms with Crippen molar-refractivity contribution in [3.8, 4) is 0 Å². The molecular weight excluding hydrogens is 174 g/mol. The fraction of sp³-hybridized carbons (Fsp3) is 0.917. The molecule has 0 aromatic rings. The van der Waals surface area contributed by atoms with E-state index in [-0.39, 0.29) is 11.8 Å². The Balaban J connectivity index is 2.68. The average molecular weight is 197 g/mol. The van der Waals surface area contributed by atoms with Crippen molar-refractivity contribution in [2.75, 3.05) is 7.05 Å². The van der Waals surface area contributed by atoms with E-state index in [9.17, 15) is 4.79 Å². The first-order valence-electron chi connectivity index (χ1n) is 5.77. The number of carbonyl (C=O) groups is 1. The van der Waals surface area contributed by atoms with Crippen LogP contribution in [0.2, 0.25) is 0 Å². The molecule has 0 saturated heterocycles. The number of carbonyl (C=O) groups excluding carboxylic acids is 1. The maximum atomic E-state index is 11.7. The highest BCUT2D eigenvalue weighted by molar-refractivity contribution is 5.78. The second kappa shape index (κ2) is 4.81. The molecule has 1 amide bonds. The van der Waals surface area contributed by atoms with Gasteiger partial charge in [0.25, 0.3) is 0 Å².